The maximum atomic E-state index is 13.2. The third-order valence-electron chi connectivity index (χ3n) is 5.71. The summed E-state index contributed by atoms with van der Waals surface area (Å²) in [5.74, 6) is 1.10. The summed E-state index contributed by atoms with van der Waals surface area (Å²) >= 11 is 1.51. The number of urea groups is 1. The number of amides is 2. The highest BCUT2D eigenvalue weighted by Gasteiger charge is 2.36. The second-order valence-corrected chi connectivity index (χ2v) is 8.73. The largest absolute Gasteiger partial charge is 0.504 e. The monoisotopic (exact) mass is 474 g/mol. The van der Waals surface area contributed by atoms with Crippen molar-refractivity contribution in [2.24, 2.45) is 0 Å². The maximum Gasteiger partial charge on any atom is 0.322 e. The molecule has 8 nitrogen and oxygen atoms in total. The average molecular weight is 475 g/mol. The van der Waals surface area contributed by atoms with E-state index in [9.17, 15) is 9.90 Å². The van der Waals surface area contributed by atoms with Crippen molar-refractivity contribution in [2.75, 3.05) is 7.11 Å². The van der Waals surface area contributed by atoms with Gasteiger partial charge < -0.3 is 19.7 Å². The van der Waals surface area contributed by atoms with Gasteiger partial charge in [0.15, 0.2) is 11.5 Å². The van der Waals surface area contributed by atoms with Gasteiger partial charge in [0.25, 0.3) is 5.89 Å². The van der Waals surface area contributed by atoms with Crippen molar-refractivity contribution < 1.29 is 19.2 Å². The van der Waals surface area contributed by atoms with Crippen LogP contribution >= 0.6 is 11.3 Å². The molecule has 0 saturated heterocycles. The highest BCUT2D eigenvalue weighted by atomic mass is 32.1. The van der Waals surface area contributed by atoms with Gasteiger partial charge in [-0.2, -0.15) is 4.98 Å². The van der Waals surface area contributed by atoms with Crippen LogP contribution in [-0.4, -0.2) is 33.3 Å². The van der Waals surface area contributed by atoms with Gasteiger partial charge in [0.1, 0.15) is 0 Å². The molecule has 2 N–H and O–H groups in total. The average Bonchev–Trinajstić information content (AvgIpc) is 3.54. The van der Waals surface area contributed by atoms with E-state index < -0.39 is 6.04 Å². The lowest BCUT2D eigenvalue weighted by Gasteiger charge is -2.35. The SMILES string of the molecule is COc1ccc(C2NC(=O)N(Cc3ccccc3)C(C)=C2c2nc(-c3cccs3)no2)cc1O. The van der Waals surface area contributed by atoms with E-state index in [2.05, 4.69) is 15.5 Å². The van der Waals surface area contributed by atoms with E-state index >= 15 is 0 Å². The minimum absolute atomic E-state index is 0.0252. The molecule has 0 bridgehead atoms. The molecule has 0 radical (unpaired) electrons. The molecule has 172 valence electrons. The molecule has 2 amide bonds. The number of ether oxygens (including phenoxy) is 1. The summed E-state index contributed by atoms with van der Waals surface area (Å²) in [6.07, 6.45) is 0. The van der Waals surface area contributed by atoms with Gasteiger partial charge in [0.05, 0.1) is 30.1 Å². The van der Waals surface area contributed by atoms with Crippen LogP contribution in [0.5, 0.6) is 11.5 Å². The molecule has 2 aromatic carbocycles. The smallest absolute Gasteiger partial charge is 0.322 e. The van der Waals surface area contributed by atoms with Crippen molar-refractivity contribution in [3.63, 3.8) is 0 Å². The molecule has 0 saturated carbocycles. The van der Waals surface area contributed by atoms with Gasteiger partial charge in [-0.1, -0.05) is 47.6 Å². The number of aromatic nitrogens is 2. The van der Waals surface area contributed by atoms with Crippen LogP contribution in [0.3, 0.4) is 0 Å². The maximum absolute atomic E-state index is 13.2. The standard InChI is InChI=1S/C25H22N4O4S/c1-15-21(24-27-23(28-33-24)20-9-6-12-34-20)22(17-10-11-19(32-2)18(30)13-17)26-25(31)29(15)14-16-7-4-3-5-8-16/h3-13,22,30H,14H2,1-2H3,(H,26,31). The zero-order valence-corrected chi connectivity index (χ0v) is 19.4. The van der Waals surface area contributed by atoms with E-state index in [1.165, 1.54) is 18.4 Å². The first-order chi connectivity index (χ1) is 16.5. The summed E-state index contributed by atoms with van der Waals surface area (Å²) in [4.78, 5) is 20.4. The van der Waals surface area contributed by atoms with Crippen LogP contribution in [0.2, 0.25) is 0 Å². The van der Waals surface area contributed by atoms with Crippen LogP contribution in [0.15, 0.2) is 76.3 Å². The fourth-order valence-electron chi connectivity index (χ4n) is 3.99. The second-order valence-electron chi connectivity index (χ2n) is 7.79. The highest BCUT2D eigenvalue weighted by Crippen LogP contribution is 2.40. The van der Waals surface area contributed by atoms with Gasteiger partial charge >= 0.3 is 6.03 Å². The summed E-state index contributed by atoms with van der Waals surface area (Å²) in [7, 11) is 1.48. The Morgan fingerprint density at radius 2 is 2.00 bits per heavy atom. The second kappa shape index (κ2) is 9.03. The molecule has 1 aliphatic heterocycles. The number of carbonyl (C=O) groups excluding carboxylic acids is 1. The Balaban J connectivity index is 1.61. The number of nitrogens with one attached hydrogen (secondary N) is 1. The summed E-state index contributed by atoms with van der Waals surface area (Å²) in [5, 5.41) is 19.5. The van der Waals surface area contributed by atoms with Crippen LogP contribution in [0, 0.1) is 0 Å². The molecular weight excluding hydrogens is 452 g/mol. The number of nitrogens with zero attached hydrogens (tertiary/aromatic N) is 3. The Morgan fingerprint density at radius 3 is 2.71 bits per heavy atom. The zero-order valence-electron chi connectivity index (χ0n) is 18.6. The minimum Gasteiger partial charge on any atom is -0.504 e. The number of aromatic hydroxyl groups is 1. The van der Waals surface area contributed by atoms with Crippen molar-refractivity contribution in [3.8, 4) is 22.2 Å². The van der Waals surface area contributed by atoms with E-state index in [-0.39, 0.29) is 11.8 Å². The third kappa shape index (κ3) is 4.01. The fourth-order valence-corrected chi connectivity index (χ4v) is 4.64. The van der Waals surface area contributed by atoms with E-state index in [0.717, 1.165) is 10.4 Å². The summed E-state index contributed by atoms with van der Waals surface area (Å²) in [5.41, 5.74) is 3.00. The number of methoxy groups -OCH3 is 1. The quantitative estimate of drug-likeness (QED) is 0.398. The van der Waals surface area contributed by atoms with Crippen LogP contribution in [0.4, 0.5) is 4.79 Å². The predicted octanol–water partition coefficient (Wildman–Crippen LogP) is 5.21. The molecule has 0 fully saturated rings. The number of phenolic OH excluding ortho intramolecular Hbond substituents is 1. The molecule has 0 spiro atoms. The van der Waals surface area contributed by atoms with E-state index in [1.807, 2.05) is 54.8 Å². The molecule has 4 aromatic rings. The lowest BCUT2D eigenvalue weighted by atomic mass is 9.94. The Morgan fingerprint density at radius 1 is 1.18 bits per heavy atom. The molecule has 34 heavy (non-hydrogen) atoms. The van der Waals surface area contributed by atoms with Crippen LogP contribution in [-0.2, 0) is 6.54 Å². The van der Waals surface area contributed by atoms with Crippen molar-refractivity contribution in [1.29, 1.82) is 0 Å². The van der Waals surface area contributed by atoms with Crippen LogP contribution in [0.25, 0.3) is 16.3 Å². The van der Waals surface area contributed by atoms with Crippen molar-refractivity contribution in [3.05, 3.63) is 88.8 Å². The first-order valence-electron chi connectivity index (χ1n) is 10.6. The van der Waals surface area contributed by atoms with Gasteiger partial charge in [0, 0.05) is 5.70 Å². The van der Waals surface area contributed by atoms with Gasteiger partial charge in [-0.25, -0.2) is 4.79 Å². The van der Waals surface area contributed by atoms with Crippen LogP contribution < -0.4 is 10.1 Å². The lowest BCUT2D eigenvalue weighted by Crippen LogP contribution is -2.45. The summed E-state index contributed by atoms with van der Waals surface area (Å²) < 4.78 is 10.9. The minimum atomic E-state index is -0.604. The molecule has 1 atom stereocenters. The molecule has 3 heterocycles. The van der Waals surface area contributed by atoms with E-state index in [0.29, 0.717) is 40.8 Å². The molecule has 1 unspecified atom stereocenters. The summed E-state index contributed by atoms with van der Waals surface area (Å²) in [6, 6.07) is 17.7. The number of thiophene rings is 1. The van der Waals surface area contributed by atoms with Crippen molar-refractivity contribution in [2.45, 2.75) is 19.5 Å². The molecule has 5 rings (SSSR count). The normalized spacial score (nSPS) is 16.0. The molecule has 9 heteroatoms. The Labute approximate surface area is 200 Å². The Hall–Kier alpha value is -4.11. The van der Waals surface area contributed by atoms with Gasteiger partial charge in [-0.05, 0) is 41.6 Å². The third-order valence-corrected chi connectivity index (χ3v) is 6.58. The zero-order chi connectivity index (χ0) is 23.7. The van der Waals surface area contributed by atoms with Gasteiger partial charge in [-0.15, -0.1) is 11.3 Å². The summed E-state index contributed by atoms with van der Waals surface area (Å²) in [6.45, 7) is 2.25. The molecule has 2 aromatic heterocycles. The Kier molecular flexibility index (Phi) is 5.77. The first kappa shape index (κ1) is 21.7. The van der Waals surface area contributed by atoms with Crippen LogP contribution in [0.1, 0.15) is 30.0 Å². The number of phenols is 1. The molecule has 0 aliphatic carbocycles. The van der Waals surface area contributed by atoms with Crippen molar-refractivity contribution in [1.82, 2.24) is 20.4 Å². The van der Waals surface area contributed by atoms with Crippen molar-refractivity contribution >= 4 is 22.9 Å². The van der Waals surface area contributed by atoms with Gasteiger partial charge in [0.2, 0.25) is 5.82 Å². The number of hydrogen-bond donors (Lipinski definition) is 2. The lowest BCUT2D eigenvalue weighted by molar-refractivity contribution is 0.203. The number of benzene rings is 2. The number of rotatable bonds is 6. The van der Waals surface area contributed by atoms with E-state index in [1.54, 1.807) is 23.1 Å². The Bertz CT molecular complexity index is 1350. The highest BCUT2D eigenvalue weighted by molar-refractivity contribution is 7.13. The number of hydrogen-bond acceptors (Lipinski definition) is 7. The first-order valence-corrected chi connectivity index (χ1v) is 11.5. The number of allylic oxidation sites excluding steroid dienone is 1. The van der Waals surface area contributed by atoms with E-state index in [4.69, 9.17) is 9.26 Å². The number of carbonyl (C=O) groups is 1. The topological polar surface area (TPSA) is 101 Å². The fraction of sp³-hybridized carbons (Fsp3) is 0.160. The molecule has 1 aliphatic rings. The van der Waals surface area contributed by atoms with Gasteiger partial charge in [-0.3, -0.25) is 4.90 Å². The molecular formula is C25H22N4O4S. The predicted molar refractivity (Wildman–Crippen MR) is 128 cm³/mol.